The molecule has 0 aliphatic rings. The zero-order chi connectivity index (χ0) is 31.1. The summed E-state index contributed by atoms with van der Waals surface area (Å²) in [7, 11) is -3.77. The van der Waals surface area contributed by atoms with Crippen LogP contribution in [-0.4, -0.2) is 29.8 Å². The lowest BCUT2D eigenvalue weighted by molar-refractivity contribution is 0.117. The van der Waals surface area contributed by atoms with Gasteiger partial charge in [-0.1, -0.05) is 49.7 Å². The molecule has 7 heteroatoms. The minimum Gasteiger partial charge on any atom is -0.457 e. The second-order valence-corrected chi connectivity index (χ2v) is 12.4. The third kappa shape index (κ3) is 8.73. The third-order valence-corrected chi connectivity index (χ3v) is 8.52. The van der Waals surface area contributed by atoms with Gasteiger partial charge in [0.1, 0.15) is 34.2 Å². The Morgan fingerprint density at radius 1 is 0.605 bits per heavy atom. The van der Waals surface area contributed by atoms with E-state index < -0.39 is 21.0 Å². The first kappa shape index (κ1) is 31.4. The molecular weight excluding hydrogens is 560 g/mol. The topological polar surface area (TPSA) is 93.1 Å². The summed E-state index contributed by atoms with van der Waals surface area (Å²) in [6.07, 6.45) is 1.03. The second kappa shape index (κ2) is 13.2. The molecule has 2 unspecified atom stereocenters. The van der Waals surface area contributed by atoms with Gasteiger partial charge in [0.05, 0.1) is 9.79 Å². The van der Waals surface area contributed by atoms with E-state index in [-0.39, 0.29) is 9.79 Å². The van der Waals surface area contributed by atoms with Gasteiger partial charge in [-0.05, 0) is 112 Å². The first-order chi connectivity index (χ1) is 20.4. The molecule has 0 radical (unpaired) electrons. The molecule has 0 aromatic heterocycles. The van der Waals surface area contributed by atoms with Gasteiger partial charge in [0.15, 0.2) is 0 Å². The molecule has 43 heavy (non-hydrogen) atoms. The number of benzene rings is 4. The number of hydrogen-bond donors (Lipinski definition) is 2. The Labute approximate surface area is 253 Å². The fourth-order valence-electron chi connectivity index (χ4n) is 3.65. The maximum atomic E-state index is 13.3. The average molecular weight is 595 g/mol. The molecule has 220 valence electrons. The molecule has 0 aliphatic carbocycles. The van der Waals surface area contributed by atoms with E-state index in [0.717, 1.165) is 0 Å². The van der Waals surface area contributed by atoms with Crippen molar-refractivity contribution in [1.29, 1.82) is 0 Å². The average Bonchev–Trinajstić information content (AvgIpc) is 3.00. The van der Waals surface area contributed by atoms with Crippen molar-refractivity contribution in [1.82, 2.24) is 0 Å². The van der Waals surface area contributed by atoms with Crippen LogP contribution < -0.4 is 9.47 Å². The summed E-state index contributed by atoms with van der Waals surface area (Å²) in [5.41, 5.74) is -0.738. The fraction of sp³-hybridized carbons (Fsp3) is 0.222. The molecule has 6 nitrogen and oxygen atoms in total. The lowest BCUT2D eigenvalue weighted by Gasteiger charge is -2.12. The van der Waals surface area contributed by atoms with Crippen molar-refractivity contribution in [2.75, 3.05) is 0 Å². The lowest BCUT2D eigenvalue weighted by atomic mass is 10.0. The molecule has 4 aromatic carbocycles. The maximum Gasteiger partial charge on any atom is 0.206 e. The van der Waals surface area contributed by atoms with Gasteiger partial charge in [0.25, 0.3) is 0 Å². The largest absolute Gasteiger partial charge is 0.457 e. The predicted octanol–water partition coefficient (Wildman–Crippen LogP) is 7.13. The van der Waals surface area contributed by atoms with E-state index in [0.29, 0.717) is 47.0 Å². The van der Waals surface area contributed by atoms with Crippen molar-refractivity contribution in [2.45, 2.75) is 61.5 Å². The first-order valence-electron chi connectivity index (χ1n) is 13.9. The maximum absolute atomic E-state index is 13.3. The molecule has 2 atom stereocenters. The predicted molar refractivity (Wildman–Crippen MR) is 167 cm³/mol. The molecule has 4 rings (SSSR count). The van der Waals surface area contributed by atoms with Gasteiger partial charge in [-0.15, -0.1) is 0 Å². The van der Waals surface area contributed by atoms with E-state index >= 15 is 0 Å². The molecule has 0 spiro atoms. The van der Waals surface area contributed by atoms with E-state index in [4.69, 9.17) is 9.47 Å². The number of rotatable bonds is 8. The van der Waals surface area contributed by atoms with Crippen molar-refractivity contribution in [3.8, 4) is 46.7 Å². The highest BCUT2D eigenvalue weighted by atomic mass is 32.2. The van der Waals surface area contributed by atoms with Gasteiger partial charge in [-0.3, -0.25) is 0 Å². The highest BCUT2D eigenvalue weighted by Gasteiger charge is 2.18. The van der Waals surface area contributed by atoms with Crippen LogP contribution in [0, 0.1) is 23.7 Å². The summed E-state index contributed by atoms with van der Waals surface area (Å²) >= 11 is 0. The number of hydrogen-bond acceptors (Lipinski definition) is 6. The Morgan fingerprint density at radius 2 is 0.977 bits per heavy atom. The van der Waals surface area contributed by atoms with Gasteiger partial charge in [-0.2, -0.15) is 0 Å². The smallest absolute Gasteiger partial charge is 0.206 e. The van der Waals surface area contributed by atoms with Gasteiger partial charge >= 0.3 is 0 Å². The lowest BCUT2D eigenvalue weighted by Crippen LogP contribution is -2.19. The molecule has 4 aromatic rings. The van der Waals surface area contributed by atoms with Crippen molar-refractivity contribution in [3.63, 3.8) is 0 Å². The Morgan fingerprint density at radius 3 is 1.33 bits per heavy atom. The Hall–Kier alpha value is -4.53. The minimum absolute atomic E-state index is 0.129. The molecular formula is C36H34O6S. The number of ether oxygens (including phenoxy) is 2. The fourth-order valence-corrected chi connectivity index (χ4v) is 4.91. The Bertz CT molecular complexity index is 1670. The summed E-state index contributed by atoms with van der Waals surface area (Å²) in [4.78, 5) is 0.258. The monoisotopic (exact) mass is 594 g/mol. The zero-order valence-corrected chi connectivity index (χ0v) is 25.4. The highest BCUT2D eigenvalue weighted by molar-refractivity contribution is 7.91. The first-order valence-corrected chi connectivity index (χ1v) is 15.4. The van der Waals surface area contributed by atoms with Crippen molar-refractivity contribution >= 4 is 9.84 Å². The molecule has 0 fully saturated rings. The summed E-state index contributed by atoms with van der Waals surface area (Å²) in [6.45, 7) is 7.05. The van der Waals surface area contributed by atoms with Crippen LogP contribution >= 0.6 is 0 Å². The number of aliphatic hydroxyl groups is 2. The standard InChI is InChI=1S/C36H34O6S/c1-5-35(3,37)23-21-27-9-7-11-31(25-27)41-29-13-17-33(18-14-29)43(39,40)34-19-15-30(16-20-34)42-32-12-8-10-28(26-32)22-24-36(4,38)6-2/h7-20,25-26,37-38H,5-6H2,1-4H3. The van der Waals surface area contributed by atoms with Gasteiger partial charge in [0.2, 0.25) is 9.84 Å². The highest BCUT2D eigenvalue weighted by Crippen LogP contribution is 2.29. The Kier molecular flexibility index (Phi) is 9.63. The minimum atomic E-state index is -3.77. The van der Waals surface area contributed by atoms with E-state index in [1.165, 1.54) is 24.3 Å². The van der Waals surface area contributed by atoms with E-state index in [1.807, 2.05) is 26.0 Å². The molecule has 2 N–H and O–H groups in total. The van der Waals surface area contributed by atoms with Crippen LogP contribution in [0.15, 0.2) is 107 Å². The van der Waals surface area contributed by atoms with Gasteiger partial charge in [-0.25, -0.2) is 8.42 Å². The summed E-state index contributed by atoms with van der Waals surface area (Å²) < 4.78 is 38.3. The summed E-state index contributed by atoms with van der Waals surface area (Å²) in [5, 5.41) is 20.2. The normalized spacial score (nSPS) is 13.7. The van der Waals surface area contributed by atoms with Crippen LogP contribution in [0.5, 0.6) is 23.0 Å². The zero-order valence-electron chi connectivity index (χ0n) is 24.6. The molecule has 0 bridgehead atoms. The van der Waals surface area contributed by atoms with Crippen molar-refractivity contribution in [2.24, 2.45) is 0 Å². The van der Waals surface area contributed by atoms with Crippen LogP contribution in [0.3, 0.4) is 0 Å². The third-order valence-electron chi connectivity index (χ3n) is 6.74. The van der Waals surface area contributed by atoms with Gasteiger partial charge in [0, 0.05) is 11.1 Å². The quantitative estimate of drug-likeness (QED) is 0.211. The summed E-state index contributed by atoms with van der Waals surface area (Å²) in [5.74, 6) is 13.6. The number of sulfone groups is 1. The SMILES string of the molecule is CCC(C)(O)C#Cc1cccc(Oc2ccc(S(=O)(=O)c3ccc(Oc4cccc(C#CC(C)(O)CC)c4)cc3)cc2)c1. The second-order valence-electron chi connectivity index (χ2n) is 10.5. The van der Waals surface area contributed by atoms with E-state index in [9.17, 15) is 18.6 Å². The van der Waals surface area contributed by atoms with Crippen molar-refractivity contribution < 1.29 is 28.1 Å². The van der Waals surface area contributed by atoms with E-state index in [2.05, 4.69) is 23.7 Å². The van der Waals surface area contributed by atoms with Gasteiger partial charge < -0.3 is 19.7 Å². The van der Waals surface area contributed by atoms with Crippen LogP contribution in [0.25, 0.3) is 0 Å². The summed E-state index contributed by atoms with van der Waals surface area (Å²) in [6, 6.07) is 26.7. The molecule has 0 aliphatic heterocycles. The van der Waals surface area contributed by atoms with Crippen LogP contribution in [0.2, 0.25) is 0 Å². The van der Waals surface area contributed by atoms with Crippen LogP contribution in [0.1, 0.15) is 51.7 Å². The molecule has 0 heterocycles. The van der Waals surface area contributed by atoms with Crippen molar-refractivity contribution in [3.05, 3.63) is 108 Å². The van der Waals surface area contributed by atoms with E-state index in [1.54, 1.807) is 74.5 Å². The van der Waals surface area contributed by atoms with Crippen LogP contribution in [-0.2, 0) is 9.84 Å². The Balaban J connectivity index is 1.44. The molecule has 0 amide bonds. The molecule has 0 saturated heterocycles. The molecule has 0 saturated carbocycles. The van der Waals surface area contributed by atoms with Crippen LogP contribution in [0.4, 0.5) is 0 Å².